The fourth-order valence-electron chi connectivity index (χ4n) is 1.97. The molecule has 1 aromatic rings. The van der Waals surface area contributed by atoms with Gasteiger partial charge in [0.15, 0.2) is 0 Å². The van der Waals surface area contributed by atoms with E-state index in [2.05, 4.69) is 13.8 Å². The maximum absolute atomic E-state index is 12.3. The van der Waals surface area contributed by atoms with Crippen molar-refractivity contribution in [3.63, 3.8) is 0 Å². The number of carbonyl (C=O) groups excluding carboxylic acids is 1. The minimum Gasteiger partial charge on any atom is -0.381 e. The molecular weight excluding hydrogens is 252 g/mol. The lowest BCUT2D eigenvalue weighted by atomic mass is 10.2. The first-order valence-electron chi connectivity index (χ1n) is 7.40. The number of ether oxygens (including phenoxy) is 1. The van der Waals surface area contributed by atoms with E-state index in [0.717, 1.165) is 30.6 Å². The zero-order valence-electron chi connectivity index (χ0n) is 12.6. The summed E-state index contributed by atoms with van der Waals surface area (Å²) in [5.41, 5.74) is 7.60. The van der Waals surface area contributed by atoms with Crippen LogP contribution in [0.5, 0.6) is 0 Å². The zero-order valence-corrected chi connectivity index (χ0v) is 12.6. The molecule has 0 saturated carbocycles. The number of anilines is 1. The third kappa shape index (κ3) is 5.31. The summed E-state index contributed by atoms with van der Waals surface area (Å²) in [6.45, 7) is 6.59. The topological polar surface area (TPSA) is 55.6 Å². The van der Waals surface area contributed by atoms with Crippen LogP contribution in [0.3, 0.4) is 0 Å². The van der Waals surface area contributed by atoms with E-state index < -0.39 is 0 Å². The van der Waals surface area contributed by atoms with Crippen molar-refractivity contribution >= 4 is 11.6 Å². The highest BCUT2D eigenvalue weighted by Gasteiger charge is 2.14. The van der Waals surface area contributed by atoms with Gasteiger partial charge in [-0.1, -0.05) is 26.0 Å². The molecule has 2 N–H and O–H groups in total. The first-order valence-corrected chi connectivity index (χ1v) is 7.40. The van der Waals surface area contributed by atoms with Crippen LogP contribution in [0.25, 0.3) is 0 Å². The number of amides is 1. The molecule has 0 aliphatic rings. The predicted molar refractivity (Wildman–Crippen MR) is 82.7 cm³/mol. The third-order valence-corrected chi connectivity index (χ3v) is 3.04. The molecule has 0 aliphatic heterocycles. The van der Waals surface area contributed by atoms with Crippen LogP contribution in [-0.4, -0.2) is 25.7 Å². The van der Waals surface area contributed by atoms with E-state index in [9.17, 15) is 4.79 Å². The fourth-order valence-corrected chi connectivity index (χ4v) is 1.97. The number of rotatable bonds is 9. The van der Waals surface area contributed by atoms with Gasteiger partial charge < -0.3 is 15.4 Å². The second kappa shape index (κ2) is 9.50. The number of nitrogens with zero attached hydrogens (tertiary/aromatic N) is 1. The Balaban J connectivity index is 2.63. The summed E-state index contributed by atoms with van der Waals surface area (Å²) >= 11 is 0. The van der Waals surface area contributed by atoms with Crippen LogP contribution in [0.4, 0.5) is 5.69 Å². The molecule has 0 unspecified atom stereocenters. The van der Waals surface area contributed by atoms with Crippen LogP contribution < -0.4 is 10.6 Å². The van der Waals surface area contributed by atoms with Crippen LogP contribution in [0.2, 0.25) is 0 Å². The average molecular weight is 278 g/mol. The molecule has 1 aromatic carbocycles. The summed E-state index contributed by atoms with van der Waals surface area (Å²) in [5.74, 6) is 0.114. The molecule has 4 heteroatoms. The van der Waals surface area contributed by atoms with Gasteiger partial charge in [-0.2, -0.15) is 0 Å². The highest BCUT2D eigenvalue weighted by Crippen LogP contribution is 2.17. The maximum atomic E-state index is 12.3. The van der Waals surface area contributed by atoms with E-state index >= 15 is 0 Å². The van der Waals surface area contributed by atoms with Gasteiger partial charge in [0.1, 0.15) is 0 Å². The summed E-state index contributed by atoms with van der Waals surface area (Å²) in [6.07, 6.45) is 2.34. The van der Waals surface area contributed by atoms with E-state index in [-0.39, 0.29) is 5.91 Å². The van der Waals surface area contributed by atoms with Crippen molar-refractivity contribution in [1.82, 2.24) is 0 Å². The van der Waals surface area contributed by atoms with Crippen LogP contribution in [-0.2, 0) is 16.1 Å². The van der Waals surface area contributed by atoms with Crippen molar-refractivity contribution in [2.24, 2.45) is 5.73 Å². The van der Waals surface area contributed by atoms with E-state index in [4.69, 9.17) is 10.5 Å². The van der Waals surface area contributed by atoms with Crippen molar-refractivity contribution in [3.8, 4) is 0 Å². The summed E-state index contributed by atoms with van der Waals surface area (Å²) in [6, 6.07) is 7.86. The molecule has 0 spiro atoms. The van der Waals surface area contributed by atoms with Crippen LogP contribution in [0.1, 0.15) is 38.7 Å². The minimum absolute atomic E-state index is 0.114. The van der Waals surface area contributed by atoms with E-state index in [1.165, 1.54) is 0 Å². The van der Waals surface area contributed by atoms with Crippen LogP contribution in [0, 0.1) is 0 Å². The molecule has 4 nitrogen and oxygen atoms in total. The third-order valence-electron chi connectivity index (χ3n) is 3.04. The number of hydrogen-bond acceptors (Lipinski definition) is 3. The molecule has 0 heterocycles. The number of nitrogens with two attached hydrogens (primary N) is 1. The predicted octanol–water partition coefficient (Wildman–Crippen LogP) is 2.71. The van der Waals surface area contributed by atoms with Crippen molar-refractivity contribution in [2.75, 3.05) is 24.7 Å². The molecule has 0 radical (unpaired) electrons. The second-order valence-corrected chi connectivity index (χ2v) is 4.78. The first kappa shape index (κ1) is 16.7. The van der Waals surface area contributed by atoms with Gasteiger partial charge in [-0.15, -0.1) is 0 Å². The first-order chi connectivity index (χ1) is 9.72. The Morgan fingerprint density at radius 3 is 2.40 bits per heavy atom. The van der Waals surface area contributed by atoms with Gasteiger partial charge in [0.2, 0.25) is 5.91 Å². The molecule has 0 bridgehead atoms. The molecule has 20 heavy (non-hydrogen) atoms. The SMILES string of the molecule is CCCOCCC(=O)N(CCC)c1ccc(CN)cc1. The molecule has 0 atom stereocenters. The fraction of sp³-hybridized carbons (Fsp3) is 0.562. The molecule has 0 fully saturated rings. The van der Waals surface area contributed by atoms with E-state index in [0.29, 0.717) is 26.2 Å². The van der Waals surface area contributed by atoms with E-state index in [1.807, 2.05) is 29.2 Å². The van der Waals surface area contributed by atoms with Crippen molar-refractivity contribution in [3.05, 3.63) is 29.8 Å². The summed E-state index contributed by atoms with van der Waals surface area (Å²) < 4.78 is 5.39. The maximum Gasteiger partial charge on any atom is 0.229 e. The highest BCUT2D eigenvalue weighted by atomic mass is 16.5. The minimum atomic E-state index is 0.114. The quantitative estimate of drug-likeness (QED) is 0.707. The normalized spacial score (nSPS) is 10.6. The van der Waals surface area contributed by atoms with Crippen LogP contribution in [0.15, 0.2) is 24.3 Å². The molecule has 1 rings (SSSR count). The van der Waals surface area contributed by atoms with Gasteiger partial charge in [0.25, 0.3) is 0 Å². The van der Waals surface area contributed by atoms with Crippen molar-refractivity contribution < 1.29 is 9.53 Å². The molecule has 0 aliphatic carbocycles. The second-order valence-electron chi connectivity index (χ2n) is 4.78. The Kier molecular flexibility index (Phi) is 7.92. The lowest BCUT2D eigenvalue weighted by molar-refractivity contribution is -0.119. The zero-order chi connectivity index (χ0) is 14.8. The van der Waals surface area contributed by atoms with Crippen molar-refractivity contribution in [1.29, 1.82) is 0 Å². The Morgan fingerprint density at radius 2 is 1.85 bits per heavy atom. The lowest BCUT2D eigenvalue weighted by Crippen LogP contribution is -2.32. The Bertz CT molecular complexity index is 390. The standard InChI is InChI=1S/C16H26N2O2/c1-3-10-18(16(19)9-12-20-11-4-2)15-7-5-14(13-17)6-8-15/h5-8H,3-4,9-13,17H2,1-2H3. The van der Waals surface area contributed by atoms with Gasteiger partial charge in [0, 0.05) is 25.4 Å². The lowest BCUT2D eigenvalue weighted by Gasteiger charge is -2.22. The Hall–Kier alpha value is -1.39. The van der Waals surface area contributed by atoms with Gasteiger partial charge in [-0.3, -0.25) is 4.79 Å². The average Bonchev–Trinajstić information content (AvgIpc) is 2.49. The molecule has 1 amide bonds. The monoisotopic (exact) mass is 278 g/mol. The largest absolute Gasteiger partial charge is 0.381 e. The van der Waals surface area contributed by atoms with E-state index in [1.54, 1.807) is 0 Å². The summed E-state index contributed by atoms with van der Waals surface area (Å²) in [4.78, 5) is 14.1. The smallest absolute Gasteiger partial charge is 0.229 e. The Morgan fingerprint density at radius 1 is 1.15 bits per heavy atom. The van der Waals surface area contributed by atoms with Crippen molar-refractivity contribution in [2.45, 2.75) is 39.7 Å². The highest BCUT2D eigenvalue weighted by molar-refractivity contribution is 5.93. The molecule has 112 valence electrons. The van der Waals surface area contributed by atoms with Gasteiger partial charge >= 0.3 is 0 Å². The number of benzene rings is 1. The number of hydrogen-bond donors (Lipinski definition) is 1. The molecular formula is C16H26N2O2. The van der Waals surface area contributed by atoms with Gasteiger partial charge in [0.05, 0.1) is 13.0 Å². The van der Waals surface area contributed by atoms with Gasteiger partial charge in [-0.05, 0) is 30.5 Å². The Labute approximate surface area is 121 Å². The van der Waals surface area contributed by atoms with Crippen LogP contribution >= 0.6 is 0 Å². The number of carbonyl (C=O) groups is 1. The molecule has 0 saturated heterocycles. The summed E-state index contributed by atoms with van der Waals surface area (Å²) in [7, 11) is 0. The molecule has 0 aromatic heterocycles. The summed E-state index contributed by atoms with van der Waals surface area (Å²) in [5, 5.41) is 0. The van der Waals surface area contributed by atoms with Gasteiger partial charge in [-0.25, -0.2) is 0 Å².